The molecule has 0 saturated carbocycles. The maximum absolute atomic E-state index is 12.8. The Kier molecular flexibility index (Phi) is 7.75. The summed E-state index contributed by atoms with van der Waals surface area (Å²) in [6.07, 6.45) is 1.61. The topological polar surface area (TPSA) is 82.1 Å². The van der Waals surface area contributed by atoms with Gasteiger partial charge in [0.1, 0.15) is 0 Å². The van der Waals surface area contributed by atoms with Crippen molar-refractivity contribution in [2.45, 2.75) is 13.5 Å². The first-order chi connectivity index (χ1) is 14.9. The van der Waals surface area contributed by atoms with Crippen LogP contribution in [0.25, 0.3) is 6.08 Å². The van der Waals surface area contributed by atoms with Gasteiger partial charge in [-0.25, -0.2) is 4.79 Å². The van der Waals surface area contributed by atoms with E-state index in [1.54, 1.807) is 31.2 Å². The van der Waals surface area contributed by atoms with Crippen LogP contribution in [0.5, 0.6) is 11.5 Å². The second kappa shape index (κ2) is 10.5. The highest BCUT2D eigenvalue weighted by Gasteiger charge is 2.35. The summed E-state index contributed by atoms with van der Waals surface area (Å²) in [4.78, 5) is 38.3. The van der Waals surface area contributed by atoms with E-state index in [0.717, 1.165) is 21.8 Å². The van der Waals surface area contributed by atoms with E-state index in [2.05, 4.69) is 15.9 Å². The first-order valence-electron chi connectivity index (χ1n) is 9.37. The third-order valence-corrected chi connectivity index (χ3v) is 5.64. The molecule has 1 aliphatic heterocycles. The van der Waals surface area contributed by atoms with Crippen LogP contribution in [0.2, 0.25) is 0 Å². The van der Waals surface area contributed by atoms with Crippen molar-refractivity contribution >= 4 is 50.9 Å². The first-order valence-corrected chi connectivity index (χ1v) is 11.0. The Bertz CT molecular complexity index is 1040. The number of amides is 2. The highest BCUT2D eigenvalue weighted by Crippen LogP contribution is 2.35. The maximum atomic E-state index is 12.8. The van der Waals surface area contributed by atoms with E-state index in [-0.39, 0.29) is 30.9 Å². The molecular weight excluding hydrogens is 486 g/mol. The van der Waals surface area contributed by atoms with Gasteiger partial charge in [-0.2, -0.15) is 0 Å². The molecular formula is C22H20BrNO6S. The van der Waals surface area contributed by atoms with Crippen molar-refractivity contribution in [1.82, 2.24) is 4.90 Å². The van der Waals surface area contributed by atoms with Crippen LogP contribution in [0.15, 0.2) is 51.8 Å². The van der Waals surface area contributed by atoms with Gasteiger partial charge in [0, 0.05) is 4.47 Å². The molecule has 0 aliphatic carbocycles. The van der Waals surface area contributed by atoms with Crippen LogP contribution in [0.4, 0.5) is 4.79 Å². The van der Waals surface area contributed by atoms with Crippen molar-refractivity contribution in [1.29, 1.82) is 0 Å². The number of hydrogen-bond acceptors (Lipinski definition) is 7. The van der Waals surface area contributed by atoms with Gasteiger partial charge in [-0.05, 0) is 60.2 Å². The minimum Gasteiger partial charge on any atom is -0.493 e. The number of carbonyl (C=O) groups excluding carboxylic acids is 3. The number of halogens is 1. The van der Waals surface area contributed by atoms with Crippen LogP contribution in [-0.2, 0) is 20.9 Å². The van der Waals surface area contributed by atoms with Crippen LogP contribution in [0, 0.1) is 0 Å². The van der Waals surface area contributed by atoms with Crippen molar-refractivity contribution < 1.29 is 28.6 Å². The lowest BCUT2D eigenvalue weighted by Crippen LogP contribution is -2.27. The zero-order valence-corrected chi connectivity index (χ0v) is 19.3. The maximum Gasteiger partial charge on any atom is 0.344 e. The van der Waals surface area contributed by atoms with Gasteiger partial charge in [-0.1, -0.05) is 34.1 Å². The number of ether oxygens (including phenoxy) is 3. The first kappa shape index (κ1) is 22.9. The fraction of sp³-hybridized carbons (Fsp3) is 0.227. The predicted octanol–water partition coefficient (Wildman–Crippen LogP) is 4.64. The molecule has 1 aliphatic rings. The Morgan fingerprint density at radius 3 is 2.68 bits per heavy atom. The fourth-order valence-corrected chi connectivity index (χ4v) is 4.13. The fourth-order valence-electron chi connectivity index (χ4n) is 2.84. The Morgan fingerprint density at radius 2 is 1.97 bits per heavy atom. The molecule has 0 aromatic heterocycles. The summed E-state index contributed by atoms with van der Waals surface area (Å²) < 4.78 is 16.5. The molecule has 7 nitrogen and oxygen atoms in total. The quantitative estimate of drug-likeness (QED) is 0.381. The Hall–Kier alpha value is -2.78. The molecule has 0 spiro atoms. The number of hydrogen-bond donors (Lipinski definition) is 0. The smallest absolute Gasteiger partial charge is 0.344 e. The van der Waals surface area contributed by atoms with Crippen molar-refractivity contribution in [2.24, 2.45) is 0 Å². The van der Waals surface area contributed by atoms with Crippen molar-refractivity contribution in [3.8, 4) is 11.5 Å². The average molecular weight is 506 g/mol. The molecule has 2 aromatic carbocycles. The highest BCUT2D eigenvalue weighted by molar-refractivity contribution is 9.10. The number of imide groups is 1. The second-order valence-corrected chi connectivity index (χ2v) is 8.31. The summed E-state index contributed by atoms with van der Waals surface area (Å²) in [5.41, 5.74) is 1.48. The van der Waals surface area contributed by atoms with E-state index >= 15 is 0 Å². The predicted molar refractivity (Wildman–Crippen MR) is 121 cm³/mol. The van der Waals surface area contributed by atoms with Gasteiger partial charge in [0.2, 0.25) is 0 Å². The monoisotopic (exact) mass is 505 g/mol. The van der Waals surface area contributed by atoms with Gasteiger partial charge >= 0.3 is 5.97 Å². The molecule has 1 heterocycles. The molecule has 31 heavy (non-hydrogen) atoms. The van der Waals surface area contributed by atoms with Crippen LogP contribution in [0.3, 0.4) is 0 Å². The van der Waals surface area contributed by atoms with Gasteiger partial charge in [0.25, 0.3) is 11.1 Å². The molecule has 3 rings (SSSR count). The summed E-state index contributed by atoms with van der Waals surface area (Å²) in [7, 11) is 1.49. The number of nitrogens with zero attached hydrogens (tertiary/aromatic N) is 1. The molecule has 1 saturated heterocycles. The van der Waals surface area contributed by atoms with Crippen molar-refractivity contribution in [3.63, 3.8) is 0 Å². The second-order valence-electron chi connectivity index (χ2n) is 6.40. The van der Waals surface area contributed by atoms with E-state index in [1.165, 1.54) is 12.0 Å². The lowest BCUT2D eigenvalue weighted by atomic mass is 10.1. The number of carbonyl (C=O) groups is 3. The summed E-state index contributed by atoms with van der Waals surface area (Å²) in [5, 5.41) is -0.330. The van der Waals surface area contributed by atoms with E-state index in [0.29, 0.717) is 22.0 Å². The molecule has 2 aromatic rings. The molecule has 0 N–H and O–H groups in total. The lowest BCUT2D eigenvalue weighted by molar-refractivity contribution is -0.145. The standard InChI is InChI=1S/C22H20BrNO6S/c1-3-29-20(25)13-30-18-10-14(7-8-17(18)28-2)11-19-21(26)24(22(27)31-19)12-15-5-4-6-16(23)9-15/h4-11H,3,12-13H2,1-2H3/b19-11-. The lowest BCUT2D eigenvalue weighted by Gasteiger charge is -2.12. The number of rotatable bonds is 8. The minimum absolute atomic E-state index is 0.192. The summed E-state index contributed by atoms with van der Waals surface area (Å²) in [6, 6.07) is 12.5. The van der Waals surface area contributed by atoms with Gasteiger partial charge in [-0.3, -0.25) is 14.5 Å². The van der Waals surface area contributed by atoms with E-state index in [9.17, 15) is 14.4 Å². The number of benzene rings is 2. The zero-order chi connectivity index (χ0) is 22.4. The van der Waals surface area contributed by atoms with Gasteiger partial charge in [0.15, 0.2) is 18.1 Å². The Morgan fingerprint density at radius 1 is 1.16 bits per heavy atom. The molecule has 0 bridgehead atoms. The van der Waals surface area contributed by atoms with Crippen LogP contribution in [0.1, 0.15) is 18.1 Å². The molecule has 0 atom stereocenters. The van der Waals surface area contributed by atoms with Crippen LogP contribution in [-0.4, -0.2) is 42.3 Å². The average Bonchev–Trinajstić information content (AvgIpc) is 3.00. The van der Waals surface area contributed by atoms with Crippen LogP contribution < -0.4 is 9.47 Å². The molecule has 0 radical (unpaired) electrons. The molecule has 162 valence electrons. The number of methoxy groups -OCH3 is 1. The largest absolute Gasteiger partial charge is 0.493 e. The van der Waals surface area contributed by atoms with Gasteiger partial charge in [0.05, 0.1) is 25.2 Å². The number of esters is 1. The summed E-state index contributed by atoms with van der Waals surface area (Å²) in [5.74, 6) is -0.0923. The van der Waals surface area contributed by atoms with Crippen molar-refractivity contribution in [3.05, 3.63) is 63.0 Å². The third kappa shape index (κ3) is 5.89. The van der Waals surface area contributed by atoms with E-state index in [1.807, 2.05) is 24.3 Å². The van der Waals surface area contributed by atoms with Crippen LogP contribution >= 0.6 is 27.7 Å². The van der Waals surface area contributed by atoms with E-state index < -0.39 is 5.97 Å². The normalized spacial score (nSPS) is 14.8. The van der Waals surface area contributed by atoms with Gasteiger partial charge < -0.3 is 14.2 Å². The third-order valence-electron chi connectivity index (χ3n) is 4.24. The molecule has 1 fully saturated rings. The number of thioether (sulfide) groups is 1. The molecule has 2 amide bonds. The molecule has 0 unspecified atom stereocenters. The Labute approximate surface area is 192 Å². The SMILES string of the molecule is CCOC(=O)COc1cc(/C=C2\SC(=O)N(Cc3cccc(Br)c3)C2=O)ccc1OC. The van der Waals surface area contributed by atoms with Gasteiger partial charge in [-0.15, -0.1) is 0 Å². The van der Waals surface area contributed by atoms with Crippen molar-refractivity contribution in [2.75, 3.05) is 20.3 Å². The Balaban J connectivity index is 1.77. The summed E-state index contributed by atoms with van der Waals surface area (Å²) in [6.45, 7) is 1.90. The molecule has 9 heteroatoms. The zero-order valence-electron chi connectivity index (χ0n) is 16.9. The summed E-state index contributed by atoms with van der Waals surface area (Å²) >= 11 is 4.27. The van der Waals surface area contributed by atoms with E-state index in [4.69, 9.17) is 14.2 Å². The highest BCUT2D eigenvalue weighted by atomic mass is 79.9. The minimum atomic E-state index is -0.497.